The van der Waals surface area contributed by atoms with E-state index in [1.807, 2.05) is 0 Å². The summed E-state index contributed by atoms with van der Waals surface area (Å²) in [6, 6.07) is 8.17. The summed E-state index contributed by atoms with van der Waals surface area (Å²) in [7, 11) is -4.06. The highest BCUT2D eigenvalue weighted by atomic mass is 31.2. The van der Waals surface area contributed by atoms with Crippen molar-refractivity contribution in [1.29, 1.82) is 0 Å². The zero-order valence-electron chi connectivity index (χ0n) is 10.2. The van der Waals surface area contributed by atoms with Crippen LogP contribution >= 0.6 is 7.75 Å². The van der Waals surface area contributed by atoms with Crippen LogP contribution in [0, 0.1) is 0 Å². The number of hydrogen-bond acceptors (Lipinski definition) is 4. The molecule has 1 aromatic rings. The molecule has 0 spiro atoms. The molecule has 0 saturated heterocycles. The van der Waals surface area contributed by atoms with Crippen LogP contribution in [0.25, 0.3) is 0 Å². The molecule has 0 aliphatic rings. The molecule has 0 radical (unpaired) electrons. The predicted octanol–water partition coefficient (Wildman–Crippen LogP) is 1.71. The fraction of sp³-hybridized carbons (Fsp3) is 0.364. The summed E-state index contributed by atoms with van der Waals surface area (Å²) in [5.74, 6) is -0.371. The number of esters is 1. The second-order valence-corrected chi connectivity index (χ2v) is 5.34. The predicted molar refractivity (Wildman–Crippen MR) is 66.1 cm³/mol. The van der Waals surface area contributed by atoms with E-state index in [1.165, 1.54) is 12.1 Å². The molecular formula is C11H16NO5P. The highest BCUT2D eigenvalue weighted by molar-refractivity contribution is 7.51. The summed E-state index contributed by atoms with van der Waals surface area (Å²) in [4.78, 5) is 20.6. The summed E-state index contributed by atoms with van der Waals surface area (Å²) in [6.45, 7) is 2.99. The second kappa shape index (κ2) is 6.54. The number of hydrogen-bond donors (Lipinski definition) is 2. The Bertz CT molecular complexity index is 434. The van der Waals surface area contributed by atoms with Gasteiger partial charge in [-0.1, -0.05) is 18.2 Å². The van der Waals surface area contributed by atoms with Gasteiger partial charge in [-0.25, -0.2) is 9.65 Å². The number of carbonyl (C=O) groups is 1. The Balaban J connectivity index is 2.45. The molecule has 0 aliphatic carbocycles. The molecule has 2 N–H and O–H groups in total. The van der Waals surface area contributed by atoms with Gasteiger partial charge >= 0.3 is 13.7 Å². The normalized spacial score (nSPS) is 14.0. The summed E-state index contributed by atoms with van der Waals surface area (Å²) >= 11 is 0. The third-order valence-corrected chi connectivity index (χ3v) is 2.78. The third-order valence-electron chi connectivity index (χ3n) is 1.76. The molecule has 7 heteroatoms. The first-order valence-electron chi connectivity index (χ1n) is 5.41. The Hall–Kier alpha value is -1.36. The Kier molecular flexibility index (Phi) is 5.34. The summed E-state index contributed by atoms with van der Waals surface area (Å²) in [5, 5.41) is 2.13. The van der Waals surface area contributed by atoms with Crippen molar-refractivity contribution in [3.05, 3.63) is 30.3 Å². The van der Waals surface area contributed by atoms with Crippen LogP contribution in [0.15, 0.2) is 30.3 Å². The molecule has 0 amide bonds. The molecule has 0 bridgehead atoms. The van der Waals surface area contributed by atoms with E-state index >= 15 is 0 Å². The molecule has 1 unspecified atom stereocenters. The molecule has 18 heavy (non-hydrogen) atoms. The maximum absolute atomic E-state index is 11.6. The molecule has 0 aromatic heterocycles. The minimum Gasteiger partial charge on any atom is -0.462 e. The first-order valence-corrected chi connectivity index (χ1v) is 6.99. The number of carbonyl (C=O) groups excluding carboxylic acids is 1. The van der Waals surface area contributed by atoms with Crippen molar-refractivity contribution in [2.45, 2.75) is 20.0 Å². The lowest BCUT2D eigenvalue weighted by Gasteiger charge is -2.14. The van der Waals surface area contributed by atoms with Crippen molar-refractivity contribution in [1.82, 2.24) is 5.09 Å². The van der Waals surface area contributed by atoms with Crippen LogP contribution in [0.1, 0.15) is 13.8 Å². The van der Waals surface area contributed by atoms with Gasteiger partial charge in [-0.3, -0.25) is 4.79 Å². The van der Waals surface area contributed by atoms with Gasteiger partial charge in [-0.05, 0) is 26.0 Å². The minimum atomic E-state index is -4.06. The second-order valence-electron chi connectivity index (χ2n) is 3.80. The molecule has 1 aromatic carbocycles. The molecule has 0 aliphatic heterocycles. The molecule has 1 rings (SSSR count). The lowest BCUT2D eigenvalue weighted by molar-refractivity contribution is -0.145. The zero-order chi connectivity index (χ0) is 13.6. The van der Waals surface area contributed by atoms with Crippen LogP contribution in [0.5, 0.6) is 5.75 Å². The van der Waals surface area contributed by atoms with Gasteiger partial charge in [-0.2, -0.15) is 0 Å². The Labute approximate surface area is 106 Å². The maximum Gasteiger partial charge on any atom is 0.456 e. The van der Waals surface area contributed by atoms with Gasteiger partial charge < -0.3 is 14.2 Å². The SMILES string of the molecule is CC(C)OC(=O)CNP(=O)(O)Oc1ccccc1. The van der Waals surface area contributed by atoms with Crippen LogP contribution in [0.2, 0.25) is 0 Å². The number of ether oxygens (including phenoxy) is 1. The van der Waals surface area contributed by atoms with E-state index in [1.54, 1.807) is 32.0 Å². The van der Waals surface area contributed by atoms with E-state index in [0.717, 1.165) is 0 Å². The monoisotopic (exact) mass is 273 g/mol. The summed E-state index contributed by atoms with van der Waals surface area (Å²) in [6.07, 6.45) is -0.271. The highest BCUT2D eigenvalue weighted by Gasteiger charge is 2.22. The fourth-order valence-electron chi connectivity index (χ4n) is 1.13. The van der Waals surface area contributed by atoms with Crippen LogP contribution < -0.4 is 9.61 Å². The van der Waals surface area contributed by atoms with E-state index < -0.39 is 20.3 Å². The Morgan fingerprint density at radius 1 is 1.39 bits per heavy atom. The lowest BCUT2D eigenvalue weighted by atomic mass is 10.3. The van der Waals surface area contributed by atoms with Gasteiger partial charge in [0, 0.05) is 0 Å². The van der Waals surface area contributed by atoms with Crippen molar-refractivity contribution >= 4 is 13.7 Å². The molecule has 0 heterocycles. The van der Waals surface area contributed by atoms with E-state index in [-0.39, 0.29) is 11.9 Å². The third kappa shape index (κ3) is 5.82. The fourth-order valence-corrected chi connectivity index (χ4v) is 1.93. The molecule has 1 atom stereocenters. The number of para-hydroxylation sites is 1. The van der Waals surface area contributed by atoms with Gasteiger partial charge in [-0.15, -0.1) is 0 Å². The first-order chi connectivity index (χ1) is 8.39. The van der Waals surface area contributed by atoms with Crippen LogP contribution in [0.3, 0.4) is 0 Å². The molecule has 6 nitrogen and oxygen atoms in total. The quantitative estimate of drug-likeness (QED) is 0.606. The Morgan fingerprint density at radius 2 is 2.00 bits per heavy atom. The molecule has 0 saturated carbocycles. The molecular weight excluding hydrogens is 257 g/mol. The standard InChI is InChI=1S/C11H16NO5P/c1-9(2)16-11(13)8-12-18(14,15)17-10-6-4-3-5-7-10/h3-7,9H,8H2,1-2H3,(H2,12,14,15). The number of benzene rings is 1. The Morgan fingerprint density at radius 3 is 2.56 bits per heavy atom. The van der Waals surface area contributed by atoms with Gasteiger partial charge in [0.15, 0.2) is 0 Å². The van der Waals surface area contributed by atoms with Crippen molar-refractivity contribution in [3.63, 3.8) is 0 Å². The van der Waals surface area contributed by atoms with E-state index in [4.69, 9.17) is 9.26 Å². The van der Waals surface area contributed by atoms with Gasteiger partial charge in [0.25, 0.3) is 0 Å². The maximum atomic E-state index is 11.6. The van der Waals surface area contributed by atoms with Gasteiger partial charge in [0.1, 0.15) is 12.3 Å². The van der Waals surface area contributed by atoms with Crippen molar-refractivity contribution in [2.24, 2.45) is 0 Å². The van der Waals surface area contributed by atoms with Crippen molar-refractivity contribution < 1.29 is 23.5 Å². The number of rotatable bonds is 6. The highest BCUT2D eigenvalue weighted by Crippen LogP contribution is 2.37. The smallest absolute Gasteiger partial charge is 0.456 e. The summed E-state index contributed by atoms with van der Waals surface area (Å²) < 4.78 is 21.2. The van der Waals surface area contributed by atoms with Crippen LogP contribution in [0.4, 0.5) is 0 Å². The van der Waals surface area contributed by atoms with Crippen molar-refractivity contribution in [2.75, 3.05) is 6.54 Å². The first kappa shape index (κ1) is 14.7. The number of nitrogens with one attached hydrogen (secondary N) is 1. The largest absolute Gasteiger partial charge is 0.462 e. The minimum absolute atomic E-state index is 0.244. The van der Waals surface area contributed by atoms with E-state index in [9.17, 15) is 14.3 Å². The van der Waals surface area contributed by atoms with E-state index in [2.05, 4.69) is 5.09 Å². The van der Waals surface area contributed by atoms with Gasteiger partial charge in [0.2, 0.25) is 0 Å². The molecule has 0 fully saturated rings. The van der Waals surface area contributed by atoms with Crippen LogP contribution in [-0.4, -0.2) is 23.5 Å². The average molecular weight is 273 g/mol. The summed E-state index contributed by atoms with van der Waals surface area (Å²) in [5.41, 5.74) is 0. The zero-order valence-corrected chi connectivity index (χ0v) is 11.1. The molecule has 100 valence electrons. The van der Waals surface area contributed by atoms with E-state index in [0.29, 0.717) is 0 Å². The topological polar surface area (TPSA) is 84.9 Å². The van der Waals surface area contributed by atoms with Crippen LogP contribution in [-0.2, 0) is 14.1 Å². The average Bonchev–Trinajstić information content (AvgIpc) is 2.26. The van der Waals surface area contributed by atoms with Crippen molar-refractivity contribution in [3.8, 4) is 5.75 Å². The lowest BCUT2D eigenvalue weighted by Crippen LogP contribution is -2.26. The van der Waals surface area contributed by atoms with Gasteiger partial charge in [0.05, 0.1) is 6.10 Å².